The largest absolute Gasteiger partial charge is 0.480 e. The summed E-state index contributed by atoms with van der Waals surface area (Å²) >= 11 is 7.21. The molecule has 5 nitrogen and oxygen atoms in total. The number of nitrogens with zero attached hydrogens (tertiary/aromatic N) is 1. The van der Waals surface area contributed by atoms with Gasteiger partial charge >= 0.3 is 5.97 Å². The minimum atomic E-state index is -0.991. The van der Waals surface area contributed by atoms with Crippen LogP contribution in [0.4, 0.5) is 0 Å². The summed E-state index contributed by atoms with van der Waals surface area (Å²) in [5.41, 5.74) is 0. The van der Waals surface area contributed by atoms with Gasteiger partial charge in [-0.25, -0.2) is 4.79 Å². The monoisotopic (exact) mass is 317 g/mol. The quantitative estimate of drug-likeness (QED) is 0.924. The molecular weight excluding hydrogens is 302 g/mol. The fourth-order valence-corrected chi connectivity index (χ4v) is 3.48. The van der Waals surface area contributed by atoms with E-state index in [1.165, 1.54) is 23.3 Å². The fraction of sp³-hybridized carbons (Fsp3) is 0.538. The first-order valence-corrected chi connectivity index (χ1v) is 7.44. The summed E-state index contributed by atoms with van der Waals surface area (Å²) < 4.78 is 5.80. The molecule has 1 aromatic heterocycles. The number of amides is 1. The van der Waals surface area contributed by atoms with Crippen molar-refractivity contribution in [3.05, 3.63) is 21.3 Å². The molecular formula is C13H16ClNO4S. The van der Waals surface area contributed by atoms with Crippen LogP contribution in [0.2, 0.25) is 4.34 Å². The molecule has 7 heteroatoms. The third-order valence-corrected chi connectivity index (χ3v) is 4.97. The maximum Gasteiger partial charge on any atom is 0.326 e. The Morgan fingerprint density at radius 3 is 2.75 bits per heavy atom. The Morgan fingerprint density at radius 1 is 1.55 bits per heavy atom. The highest BCUT2D eigenvalue weighted by molar-refractivity contribution is 7.16. The van der Waals surface area contributed by atoms with Gasteiger partial charge in [-0.15, -0.1) is 11.3 Å². The van der Waals surface area contributed by atoms with Crippen LogP contribution in [0.3, 0.4) is 0 Å². The fourth-order valence-electron chi connectivity index (χ4n) is 2.38. The molecule has 2 heterocycles. The van der Waals surface area contributed by atoms with Gasteiger partial charge in [-0.3, -0.25) is 4.79 Å². The van der Waals surface area contributed by atoms with Gasteiger partial charge in [0.05, 0.1) is 16.4 Å². The first kappa shape index (κ1) is 15.3. The van der Waals surface area contributed by atoms with Crippen LogP contribution in [0, 0.1) is 0 Å². The lowest BCUT2D eigenvalue weighted by Gasteiger charge is -2.24. The number of ether oxygens (including phenoxy) is 1. The molecule has 1 aromatic rings. The number of hydrogen-bond acceptors (Lipinski definition) is 4. The number of carbonyl (C=O) groups excluding carboxylic acids is 1. The van der Waals surface area contributed by atoms with Crippen molar-refractivity contribution in [2.24, 2.45) is 0 Å². The maximum absolute atomic E-state index is 12.5. The zero-order valence-corrected chi connectivity index (χ0v) is 12.8. The van der Waals surface area contributed by atoms with Crippen LogP contribution in [0.5, 0.6) is 0 Å². The number of carboxylic acid groups (broad SMARTS) is 1. The number of carboxylic acids is 1. The van der Waals surface area contributed by atoms with Crippen LogP contribution in [0.1, 0.15) is 24.1 Å². The SMILES string of the molecule is COC1CC(C(=O)O)N(C(=O)C(C)c2ccc(Cl)s2)C1. The Labute approximate surface area is 126 Å². The summed E-state index contributed by atoms with van der Waals surface area (Å²) in [4.78, 5) is 26.0. The first-order chi connectivity index (χ1) is 9.43. The van der Waals surface area contributed by atoms with E-state index in [0.29, 0.717) is 17.3 Å². The molecule has 1 fully saturated rings. The van der Waals surface area contributed by atoms with Gasteiger partial charge in [0.1, 0.15) is 6.04 Å². The van der Waals surface area contributed by atoms with Crippen molar-refractivity contribution in [1.29, 1.82) is 0 Å². The summed E-state index contributed by atoms with van der Waals surface area (Å²) in [6.45, 7) is 2.08. The molecule has 3 unspecified atom stereocenters. The van der Waals surface area contributed by atoms with Crippen LogP contribution < -0.4 is 0 Å². The average molecular weight is 318 g/mol. The van der Waals surface area contributed by atoms with E-state index in [1.54, 1.807) is 19.1 Å². The van der Waals surface area contributed by atoms with Gasteiger partial charge in [0.15, 0.2) is 0 Å². The highest BCUT2D eigenvalue weighted by atomic mass is 35.5. The molecule has 1 amide bonds. The van der Waals surface area contributed by atoms with Gasteiger partial charge in [-0.1, -0.05) is 11.6 Å². The van der Waals surface area contributed by atoms with Crippen molar-refractivity contribution >= 4 is 34.8 Å². The molecule has 2 rings (SSSR count). The number of rotatable bonds is 4. The summed E-state index contributed by atoms with van der Waals surface area (Å²) in [5.74, 6) is -1.59. The van der Waals surface area contributed by atoms with Gasteiger partial charge < -0.3 is 14.7 Å². The lowest BCUT2D eigenvalue weighted by molar-refractivity contribution is -0.148. The molecule has 0 aromatic carbocycles. The second-order valence-electron chi connectivity index (χ2n) is 4.80. The molecule has 1 saturated heterocycles. The number of thiophene rings is 1. The zero-order valence-electron chi connectivity index (χ0n) is 11.2. The van der Waals surface area contributed by atoms with Crippen molar-refractivity contribution < 1.29 is 19.4 Å². The Bertz CT molecular complexity index is 518. The number of methoxy groups -OCH3 is 1. The van der Waals surface area contributed by atoms with E-state index in [4.69, 9.17) is 16.3 Å². The highest BCUT2D eigenvalue weighted by Gasteiger charge is 2.41. The van der Waals surface area contributed by atoms with E-state index >= 15 is 0 Å². The lowest BCUT2D eigenvalue weighted by atomic mass is 10.1. The number of carbonyl (C=O) groups is 2. The molecule has 110 valence electrons. The van der Waals surface area contributed by atoms with E-state index in [1.807, 2.05) is 0 Å². The Morgan fingerprint density at radius 2 is 2.25 bits per heavy atom. The summed E-state index contributed by atoms with van der Waals surface area (Å²) in [7, 11) is 1.53. The van der Waals surface area contributed by atoms with Crippen LogP contribution >= 0.6 is 22.9 Å². The minimum Gasteiger partial charge on any atom is -0.480 e. The van der Waals surface area contributed by atoms with Crippen molar-refractivity contribution in [1.82, 2.24) is 4.90 Å². The summed E-state index contributed by atoms with van der Waals surface area (Å²) in [5, 5.41) is 9.23. The van der Waals surface area contributed by atoms with Crippen LogP contribution in [0.15, 0.2) is 12.1 Å². The van der Waals surface area contributed by atoms with E-state index in [2.05, 4.69) is 0 Å². The minimum absolute atomic E-state index is 0.199. The van der Waals surface area contributed by atoms with Crippen LogP contribution in [-0.4, -0.2) is 47.7 Å². The number of aliphatic carboxylic acids is 1. The lowest BCUT2D eigenvalue weighted by Crippen LogP contribution is -2.42. The normalized spacial score (nSPS) is 23.9. The predicted molar refractivity (Wildman–Crippen MR) is 76.3 cm³/mol. The van der Waals surface area contributed by atoms with Gasteiger partial charge in [-0.05, 0) is 19.1 Å². The third kappa shape index (κ3) is 2.97. The van der Waals surface area contributed by atoms with Crippen LogP contribution in [0.25, 0.3) is 0 Å². The van der Waals surface area contributed by atoms with E-state index in [0.717, 1.165) is 4.88 Å². The van der Waals surface area contributed by atoms with Crippen molar-refractivity contribution in [3.63, 3.8) is 0 Å². The number of halogens is 1. The Kier molecular flexibility index (Phi) is 4.67. The van der Waals surface area contributed by atoms with Gasteiger partial charge in [0.25, 0.3) is 0 Å². The smallest absolute Gasteiger partial charge is 0.326 e. The molecule has 1 aliphatic rings. The standard InChI is InChI=1S/C13H16ClNO4S/c1-7(10-3-4-11(14)20-10)12(16)15-6-8(19-2)5-9(15)13(17)18/h3-4,7-9H,5-6H2,1-2H3,(H,17,18). The molecule has 1 N–H and O–H groups in total. The van der Waals surface area contributed by atoms with Crippen molar-refractivity contribution in [3.8, 4) is 0 Å². The molecule has 0 spiro atoms. The third-order valence-electron chi connectivity index (χ3n) is 3.56. The first-order valence-electron chi connectivity index (χ1n) is 6.25. The second kappa shape index (κ2) is 6.11. The van der Waals surface area contributed by atoms with Crippen molar-refractivity contribution in [2.75, 3.05) is 13.7 Å². The molecule has 1 aliphatic heterocycles. The second-order valence-corrected chi connectivity index (χ2v) is 6.55. The molecule has 0 bridgehead atoms. The van der Waals surface area contributed by atoms with Gasteiger partial charge in [-0.2, -0.15) is 0 Å². The molecule has 3 atom stereocenters. The summed E-state index contributed by atoms with van der Waals surface area (Å²) in [6.07, 6.45) is 0.106. The van der Waals surface area contributed by atoms with E-state index < -0.39 is 17.9 Å². The Hall–Kier alpha value is -1.11. The Balaban J connectivity index is 2.16. The van der Waals surface area contributed by atoms with E-state index in [9.17, 15) is 14.7 Å². The molecule has 0 radical (unpaired) electrons. The molecule has 0 saturated carbocycles. The molecule has 0 aliphatic carbocycles. The van der Waals surface area contributed by atoms with Crippen molar-refractivity contribution in [2.45, 2.75) is 31.4 Å². The topological polar surface area (TPSA) is 66.8 Å². The number of likely N-dealkylation sites (tertiary alicyclic amines) is 1. The highest BCUT2D eigenvalue weighted by Crippen LogP contribution is 2.31. The van der Waals surface area contributed by atoms with E-state index in [-0.39, 0.29) is 12.0 Å². The molecule has 20 heavy (non-hydrogen) atoms. The maximum atomic E-state index is 12.5. The number of hydrogen-bond donors (Lipinski definition) is 1. The average Bonchev–Trinajstić information content (AvgIpc) is 3.02. The summed E-state index contributed by atoms with van der Waals surface area (Å²) in [6, 6.07) is 2.72. The van der Waals surface area contributed by atoms with Gasteiger partial charge in [0.2, 0.25) is 5.91 Å². The van der Waals surface area contributed by atoms with Gasteiger partial charge in [0, 0.05) is 25.0 Å². The predicted octanol–water partition coefficient (Wildman–Crippen LogP) is 2.21. The zero-order chi connectivity index (χ0) is 14.9. The van der Waals surface area contributed by atoms with Crippen LogP contribution in [-0.2, 0) is 14.3 Å².